The van der Waals surface area contributed by atoms with Crippen molar-refractivity contribution in [3.8, 4) is 0 Å². The Hall–Kier alpha value is -1.44. The van der Waals surface area contributed by atoms with E-state index >= 15 is 0 Å². The van der Waals surface area contributed by atoms with Crippen LogP contribution in [-0.2, 0) is 33.9 Å². The number of alkyl halides is 3. The van der Waals surface area contributed by atoms with E-state index in [0.717, 1.165) is 0 Å². The maximum absolute atomic E-state index is 13.3. The summed E-state index contributed by atoms with van der Waals surface area (Å²) in [5.74, 6) is -2.44. The zero-order valence-electron chi connectivity index (χ0n) is 15.7. The molecule has 0 amide bonds. The van der Waals surface area contributed by atoms with Crippen LogP contribution in [0.1, 0.15) is 33.1 Å². The van der Waals surface area contributed by atoms with Gasteiger partial charge < -0.3 is 23.9 Å². The molecular weight excluding hydrogens is 425 g/mol. The minimum atomic E-state index is -6.19. The van der Waals surface area contributed by atoms with Crippen LogP contribution < -0.4 is 0 Å². The smallest absolute Gasteiger partial charge is 0.364 e. The zero-order chi connectivity index (χ0) is 22.2. The Balaban J connectivity index is 1.81. The Morgan fingerprint density at radius 3 is 2.55 bits per heavy atom. The van der Waals surface area contributed by atoms with Gasteiger partial charge in [0.15, 0.2) is 16.3 Å². The number of aliphatic hydroxyl groups is 1. The molecule has 2 aliphatic rings. The van der Waals surface area contributed by atoms with Gasteiger partial charge in [0.2, 0.25) is 0 Å². The fourth-order valence-corrected chi connectivity index (χ4v) is 3.96. The highest BCUT2D eigenvalue weighted by atomic mass is 32.2. The van der Waals surface area contributed by atoms with Gasteiger partial charge in [-0.2, -0.15) is 8.78 Å². The monoisotopic (exact) mass is 447 g/mol. The summed E-state index contributed by atoms with van der Waals surface area (Å²) in [5.41, 5.74) is -1.19. The van der Waals surface area contributed by atoms with Crippen LogP contribution in [0, 0.1) is 11.8 Å². The van der Waals surface area contributed by atoms with Crippen LogP contribution in [0.15, 0.2) is 0 Å². The van der Waals surface area contributed by atoms with Crippen molar-refractivity contribution < 1.29 is 55.0 Å². The first kappa shape index (κ1) is 23.8. The molecule has 5 unspecified atom stereocenters. The van der Waals surface area contributed by atoms with Gasteiger partial charge >= 0.3 is 17.2 Å². The molecule has 0 aromatic heterocycles. The van der Waals surface area contributed by atoms with Gasteiger partial charge in [-0.05, 0) is 20.3 Å². The molecule has 1 saturated carbocycles. The quantitative estimate of drug-likeness (QED) is 0.395. The molecule has 1 N–H and O–H groups in total. The number of rotatable bonds is 9. The van der Waals surface area contributed by atoms with E-state index in [-0.39, 0.29) is 6.42 Å². The second-order valence-electron chi connectivity index (χ2n) is 7.66. The van der Waals surface area contributed by atoms with Gasteiger partial charge in [0.25, 0.3) is 0 Å². The number of halogens is 3. The van der Waals surface area contributed by atoms with Gasteiger partial charge in [0.05, 0.1) is 24.2 Å². The molecule has 2 bridgehead atoms. The van der Waals surface area contributed by atoms with Gasteiger partial charge in [-0.25, -0.2) is 17.6 Å². The first-order valence-corrected chi connectivity index (χ1v) is 10.2. The standard InChI is InChI=1S/C16H23F3O9S/c1-15(2,22)9-6-10(11-5-8(9)14(21)28-11)27-7-13(20)26-4-3-12(17)16(18,19)29(23,24)25/h8-12,22H,3-7H2,1-2H3,(H,23,24,25)/p-1. The molecule has 0 aromatic rings. The molecule has 2 rings (SSSR count). The lowest BCUT2D eigenvalue weighted by Crippen LogP contribution is -2.45. The second kappa shape index (κ2) is 8.36. The fraction of sp³-hybridized carbons (Fsp3) is 0.875. The third-order valence-electron chi connectivity index (χ3n) is 5.10. The Morgan fingerprint density at radius 1 is 1.38 bits per heavy atom. The molecule has 13 heteroatoms. The van der Waals surface area contributed by atoms with Crippen LogP contribution in [0.5, 0.6) is 0 Å². The number of fused-ring (bicyclic) bond motifs is 2. The molecule has 0 radical (unpaired) electrons. The first-order valence-electron chi connectivity index (χ1n) is 8.82. The molecule has 29 heavy (non-hydrogen) atoms. The van der Waals surface area contributed by atoms with Crippen molar-refractivity contribution in [2.24, 2.45) is 11.8 Å². The lowest BCUT2D eigenvalue weighted by molar-refractivity contribution is -0.158. The Labute approximate surface area is 165 Å². The molecule has 5 atom stereocenters. The van der Waals surface area contributed by atoms with E-state index in [1.165, 1.54) is 0 Å². The summed E-state index contributed by atoms with van der Waals surface area (Å²) >= 11 is 0. The van der Waals surface area contributed by atoms with E-state index in [0.29, 0.717) is 6.42 Å². The highest BCUT2D eigenvalue weighted by Crippen LogP contribution is 2.44. The Kier molecular flexibility index (Phi) is 6.87. The molecular formula is C16H22F3O9S-. The van der Waals surface area contributed by atoms with Crippen LogP contribution in [0.4, 0.5) is 13.2 Å². The summed E-state index contributed by atoms with van der Waals surface area (Å²) in [4.78, 5) is 23.6. The SMILES string of the molecule is CC(C)(O)C1CC(OCC(=O)OCCC(F)C(F)(F)S(=O)(=O)[O-])C2CC1C(=O)O2. The molecule has 1 saturated heterocycles. The van der Waals surface area contributed by atoms with Crippen molar-refractivity contribution in [3.63, 3.8) is 0 Å². The number of hydrogen-bond donors (Lipinski definition) is 1. The minimum Gasteiger partial charge on any atom is -0.743 e. The molecule has 9 nitrogen and oxygen atoms in total. The summed E-state index contributed by atoms with van der Waals surface area (Å²) in [5, 5.41) is 5.12. The van der Waals surface area contributed by atoms with E-state index in [1.807, 2.05) is 0 Å². The van der Waals surface area contributed by atoms with Gasteiger partial charge in [-0.3, -0.25) is 4.79 Å². The maximum Gasteiger partial charge on any atom is 0.364 e. The van der Waals surface area contributed by atoms with E-state index in [2.05, 4.69) is 4.74 Å². The summed E-state index contributed by atoms with van der Waals surface area (Å²) in [6, 6.07) is 0. The van der Waals surface area contributed by atoms with Crippen molar-refractivity contribution in [2.75, 3.05) is 13.2 Å². The van der Waals surface area contributed by atoms with E-state index in [4.69, 9.17) is 9.47 Å². The van der Waals surface area contributed by atoms with Crippen LogP contribution >= 0.6 is 0 Å². The number of hydrogen-bond acceptors (Lipinski definition) is 9. The summed E-state index contributed by atoms with van der Waals surface area (Å²) in [6.45, 7) is 1.53. The predicted molar refractivity (Wildman–Crippen MR) is 87.2 cm³/mol. The number of ether oxygens (including phenoxy) is 3. The highest BCUT2D eigenvalue weighted by Gasteiger charge is 2.53. The van der Waals surface area contributed by atoms with E-state index < -0.39 is 82.8 Å². The van der Waals surface area contributed by atoms with Crippen molar-refractivity contribution >= 4 is 22.1 Å². The lowest BCUT2D eigenvalue weighted by Gasteiger charge is -2.38. The molecule has 1 aliphatic heterocycles. The first-order chi connectivity index (χ1) is 13.1. The minimum absolute atomic E-state index is 0.234. The normalized spacial score (nSPS) is 28.7. The summed E-state index contributed by atoms with van der Waals surface area (Å²) in [7, 11) is -6.19. The average Bonchev–Trinajstić information content (AvgIpc) is 2.88. The summed E-state index contributed by atoms with van der Waals surface area (Å²) < 4.78 is 85.3. The molecule has 1 aliphatic carbocycles. The molecule has 168 valence electrons. The Morgan fingerprint density at radius 2 is 2.00 bits per heavy atom. The van der Waals surface area contributed by atoms with E-state index in [1.54, 1.807) is 13.8 Å². The summed E-state index contributed by atoms with van der Waals surface area (Å²) in [6.07, 6.45) is -5.29. The number of carbonyl (C=O) groups excluding carboxylic acids is 2. The number of carbonyl (C=O) groups is 2. The molecule has 2 fully saturated rings. The maximum atomic E-state index is 13.3. The van der Waals surface area contributed by atoms with Gasteiger partial charge in [-0.15, -0.1) is 0 Å². The average molecular weight is 447 g/mol. The van der Waals surface area contributed by atoms with Gasteiger partial charge in [-0.1, -0.05) is 0 Å². The Bertz CT molecular complexity index is 734. The highest BCUT2D eigenvalue weighted by molar-refractivity contribution is 7.86. The molecule has 1 heterocycles. The van der Waals surface area contributed by atoms with Crippen LogP contribution in [0.2, 0.25) is 0 Å². The van der Waals surface area contributed by atoms with Crippen molar-refractivity contribution in [1.29, 1.82) is 0 Å². The van der Waals surface area contributed by atoms with E-state index in [9.17, 15) is 40.8 Å². The van der Waals surface area contributed by atoms with Gasteiger partial charge in [0, 0.05) is 18.8 Å². The zero-order valence-corrected chi connectivity index (χ0v) is 16.5. The third-order valence-corrected chi connectivity index (χ3v) is 6.02. The number of esters is 2. The largest absolute Gasteiger partial charge is 0.743 e. The van der Waals surface area contributed by atoms with Crippen molar-refractivity contribution in [3.05, 3.63) is 0 Å². The second-order valence-corrected chi connectivity index (χ2v) is 9.11. The molecule has 0 aromatic carbocycles. The topological polar surface area (TPSA) is 139 Å². The molecule has 0 spiro atoms. The van der Waals surface area contributed by atoms with Crippen LogP contribution in [0.25, 0.3) is 0 Å². The van der Waals surface area contributed by atoms with Crippen LogP contribution in [-0.4, -0.2) is 72.5 Å². The lowest BCUT2D eigenvalue weighted by atomic mass is 9.71. The van der Waals surface area contributed by atoms with Crippen LogP contribution in [0.3, 0.4) is 0 Å². The van der Waals surface area contributed by atoms with Gasteiger partial charge in [0.1, 0.15) is 12.7 Å². The fourth-order valence-electron chi connectivity index (χ4n) is 3.53. The van der Waals surface area contributed by atoms with Crippen molar-refractivity contribution in [2.45, 2.75) is 62.3 Å². The third kappa shape index (κ3) is 5.38. The van der Waals surface area contributed by atoms with Crippen molar-refractivity contribution in [1.82, 2.24) is 0 Å². The predicted octanol–water partition coefficient (Wildman–Crippen LogP) is 0.503.